The first-order valence-corrected chi connectivity index (χ1v) is 6.49. The molecule has 1 rings (SSSR count). The van der Waals surface area contributed by atoms with Crippen molar-refractivity contribution in [3.63, 3.8) is 0 Å². The Hall–Kier alpha value is -1.91. The molecule has 0 aliphatic heterocycles. The second-order valence-corrected chi connectivity index (χ2v) is 5.52. The third-order valence-corrected chi connectivity index (χ3v) is 3.67. The Bertz CT molecular complexity index is 614. The molecule has 7 heteroatoms. The first-order chi connectivity index (χ1) is 8.27. The molecule has 0 saturated heterocycles. The SMILES string of the molecule is [C]#Cc1ccc([N+](=O)[O-])c(S(=O)(=O)NC(C)C)c1. The zero-order chi connectivity index (χ0) is 13.9. The number of nitro benzene ring substituents is 1. The van der Waals surface area contributed by atoms with Crippen LogP contribution >= 0.6 is 0 Å². The molecule has 0 bridgehead atoms. The minimum absolute atomic E-state index is 0.157. The molecule has 0 aliphatic rings. The van der Waals surface area contributed by atoms with E-state index >= 15 is 0 Å². The van der Waals surface area contributed by atoms with Crippen LogP contribution in [0.25, 0.3) is 0 Å². The summed E-state index contributed by atoms with van der Waals surface area (Å²) < 4.78 is 26.1. The van der Waals surface area contributed by atoms with Gasteiger partial charge < -0.3 is 0 Å². The molecule has 95 valence electrons. The predicted molar refractivity (Wildman–Crippen MR) is 64.8 cm³/mol. The number of nitro groups is 1. The van der Waals surface area contributed by atoms with E-state index in [0.29, 0.717) is 0 Å². The van der Waals surface area contributed by atoms with Crippen molar-refractivity contribution in [2.24, 2.45) is 0 Å². The summed E-state index contributed by atoms with van der Waals surface area (Å²) in [5.41, 5.74) is -0.369. The van der Waals surface area contributed by atoms with Crippen LogP contribution in [0.1, 0.15) is 19.4 Å². The fourth-order valence-electron chi connectivity index (χ4n) is 1.33. The maximum atomic E-state index is 11.9. The molecule has 0 fully saturated rings. The lowest BCUT2D eigenvalue weighted by Crippen LogP contribution is -2.30. The molecule has 0 unspecified atom stereocenters. The van der Waals surface area contributed by atoms with Gasteiger partial charge in [0.2, 0.25) is 10.0 Å². The highest BCUT2D eigenvalue weighted by Crippen LogP contribution is 2.24. The van der Waals surface area contributed by atoms with Crippen molar-refractivity contribution < 1.29 is 13.3 Å². The van der Waals surface area contributed by atoms with Crippen molar-refractivity contribution in [1.29, 1.82) is 0 Å². The van der Waals surface area contributed by atoms with Crippen molar-refractivity contribution in [1.82, 2.24) is 4.72 Å². The Balaban J connectivity index is 3.46. The molecular weight excluding hydrogens is 256 g/mol. The molecule has 0 saturated carbocycles. The van der Waals surface area contributed by atoms with Crippen molar-refractivity contribution in [3.8, 4) is 5.92 Å². The molecule has 0 aromatic heterocycles. The topological polar surface area (TPSA) is 89.3 Å². The number of sulfonamides is 1. The Morgan fingerprint density at radius 1 is 1.44 bits per heavy atom. The fraction of sp³-hybridized carbons (Fsp3) is 0.273. The summed E-state index contributed by atoms with van der Waals surface area (Å²) in [7, 11) is -3.98. The highest BCUT2D eigenvalue weighted by atomic mass is 32.2. The van der Waals surface area contributed by atoms with Crippen LogP contribution in [0, 0.1) is 22.5 Å². The van der Waals surface area contributed by atoms with Gasteiger partial charge in [0.25, 0.3) is 5.69 Å². The van der Waals surface area contributed by atoms with E-state index < -0.39 is 25.5 Å². The normalized spacial score (nSPS) is 11.2. The van der Waals surface area contributed by atoms with Gasteiger partial charge in [0, 0.05) is 17.7 Å². The van der Waals surface area contributed by atoms with Crippen LogP contribution in [0.3, 0.4) is 0 Å². The van der Waals surface area contributed by atoms with Crippen molar-refractivity contribution >= 4 is 15.7 Å². The van der Waals surface area contributed by atoms with Crippen LogP contribution in [0.15, 0.2) is 23.1 Å². The monoisotopic (exact) mass is 267 g/mol. The van der Waals surface area contributed by atoms with E-state index in [4.69, 9.17) is 6.42 Å². The van der Waals surface area contributed by atoms with Gasteiger partial charge in [0.05, 0.1) is 4.92 Å². The zero-order valence-electron chi connectivity index (χ0n) is 9.80. The Kier molecular flexibility index (Phi) is 4.06. The fourth-order valence-corrected chi connectivity index (χ4v) is 2.78. The summed E-state index contributed by atoms with van der Waals surface area (Å²) in [6.45, 7) is 3.21. The number of hydrogen-bond acceptors (Lipinski definition) is 4. The molecule has 6 nitrogen and oxygen atoms in total. The van der Waals surface area contributed by atoms with E-state index in [1.807, 2.05) is 5.92 Å². The van der Waals surface area contributed by atoms with E-state index in [0.717, 1.165) is 12.1 Å². The number of hydrogen-bond donors (Lipinski definition) is 1. The lowest BCUT2D eigenvalue weighted by atomic mass is 10.2. The Labute approximate surface area is 105 Å². The largest absolute Gasteiger partial charge is 0.289 e. The molecule has 1 radical (unpaired) electrons. The van der Waals surface area contributed by atoms with Crippen molar-refractivity contribution in [2.45, 2.75) is 24.8 Å². The predicted octanol–water partition coefficient (Wildman–Crippen LogP) is 1.22. The van der Waals surface area contributed by atoms with Crippen LogP contribution in [-0.2, 0) is 10.0 Å². The number of rotatable bonds is 4. The van der Waals surface area contributed by atoms with E-state index in [2.05, 4.69) is 4.72 Å². The van der Waals surface area contributed by atoms with Crippen LogP contribution in [0.2, 0.25) is 0 Å². The van der Waals surface area contributed by atoms with Gasteiger partial charge in [-0.3, -0.25) is 10.1 Å². The molecule has 1 aromatic rings. The van der Waals surface area contributed by atoms with Gasteiger partial charge in [-0.2, -0.15) is 0 Å². The maximum Gasteiger partial charge on any atom is 0.289 e. The maximum absolute atomic E-state index is 11.9. The van der Waals surface area contributed by atoms with Crippen LogP contribution in [0.5, 0.6) is 0 Å². The molecular formula is C11H11N2O4S. The highest BCUT2D eigenvalue weighted by molar-refractivity contribution is 7.89. The van der Waals surface area contributed by atoms with Gasteiger partial charge in [-0.25, -0.2) is 13.1 Å². The molecule has 0 heterocycles. The lowest BCUT2D eigenvalue weighted by molar-refractivity contribution is -0.387. The summed E-state index contributed by atoms with van der Waals surface area (Å²) >= 11 is 0. The highest BCUT2D eigenvalue weighted by Gasteiger charge is 2.26. The third kappa shape index (κ3) is 3.06. The first-order valence-electron chi connectivity index (χ1n) is 5.01. The molecule has 0 aliphatic carbocycles. The summed E-state index contributed by atoms with van der Waals surface area (Å²) in [4.78, 5) is 9.56. The van der Waals surface area contributed by atoms with Gasteiger partial charge in [-0.15, -0.1) is 0 Å². The van der Waals surface area contributed by atoms with Crippen LogP contribution in [-0.4, -0.2) is 19.4 Å². The molecule has 0 amide bonds. The number of nitrogens with zero attached hydrogens (tertiary/aromatic N) is 1. The molecule has 1 aromatic carbocycles. The van der Waals surface area contributed by atoms with Crippen LogP contribution < -0.4 is 4.72 Å². The van der Waals surface area contributed by atoms with E-state index in [1.54, 1.807) is 13.8 Å². The average Bonchev–Trinajstić information content (AvgIpc) is 2.26. The van der Waals surface area contributed by atoms with Gasteiger partial charge >= 0.3 is 0 Å². The van der Waals surface area contributed by atoms with Gasteiger partial charge in [0.15, 0.2) is 4.90 Å². The molecule has 0 spiro atoms. The molecule has 1 N–H and O–H groups in total. The zero-order valence-corrected chi connectivity index (χ0v) is 10.6. The minimum Gasteiger partial charge on any atom is -0.258 e. The average molecular weight is 267 g/mol. The first kappa shape index (κ1) is 14.2. The standard InChI is InChI=1S/C11H11N2O4S/c1-4-9-5-6-10(13(14)15)11(7-9)18(16,17)12-8(2)3/h5-8,12H,2-3H3. The lowest BCUT2D eigenvalue weighted by Gasteiger charge is -2.10. The molecule has 0 atom stereocenters. The third-order valence-electron chi connectivity index (χ3n) is 1.98. The smallest absolute Gasteiger partial charge is 0.258 e. The van der Waals surface area contributed by atoms with Crippen molar-refractivity contribution in [3.05, 3.63) is 40.3 Å². The van der Waals surface area contributed by atoms with E-state index in [9.17, 15) is 18.5 Å². The Morgan fingerprint density at radius 3 is 2.50 bits per heavy atom. The van der Waals surface area contributed by atoms with Gasteiger partial charge in [-0.1, -0.05) is 5.92 Å². The van der Waals surface area contributed by atoms with Crippen molar-refractivity contribution in [2.75, 3.05) is 0 Å². The number of nitrogens with one attached hydrogen (secondary N) is 1. The summed E-state index contributed by atoms with van der Waals surface area (Å²) in [6, 6.07) is 2.98. The second kappa shape index (κ2) is 5.16. The molecule has 18 heavy (non-hydrogen) atoms. The number of benzene rings is 1. The second-order valence-electron chi connectivity index (χ2n) is 3.84. The van der Waals surface area contributed by atoms with E-state index in [1.165, 1.54) is 6.07 Å². The quantitative estimate of drug-likeness (QED) is 0.504. The Morgan fingerprint density at radius 2 is 2.06 bits per heavy atom. The van der Waals surface area contributed by atoms with Gasteiger partial charge in [0.1, 0.15) is 0 Å². The van der Waals surface area contributed by atoms with Gasteiger partial charge in [-0.05, 0) is 32.4 Å². The summed E-state index contributed by atoms with van der Waals surface area (Å²) in [5, 5.41) is 10.8. The summed E-state index contributed by atoms with van der Waals surface area (Å²) in [6.07, 6.45) is 6.93. The van der Waals surface area contributed by atoms with E-state index in [-0.39, 0.29) is 11.6 Å². The minimum atomic E-state index is -3.98. The van der Waals surface area contributed by atoms with Crippen LogP contribution in [0.4, 0.5) is 5.69 Å². The summed E-state index contributed by atoms with van der Waals surface area (Å²) in [5.74, 6) is 1.99.